The van der Waals surface area contributed by atoms with E-state index in [1.165, 1.54) is 18.4 Å². The van der Waals surface area contributed by atoms with Crippen molar-refractivity contribution in [3.8, 4) is 10.8 Å². The summed E-state index contributed by atoms with van der Waals surface area (Å²) >= 11 is 7.16. The molecule has 2 aromatic heterocycles. The number of halogens is 1. The SMILES string of the molecule is COC[C@H]1C(=O)N(Cc2cccc(-n3ccnc3)c2)CCN1C(=O)COc1ccc(Cl)s1. The van der Waals surface area contributed by atoms with Crippen molar-refractivity contribution in [3.63, 3.8) is 0 Å². The van der Waals surface area contributed by atoms with Gasteiger partial charge in [-0.15, -0.1) is 0 Å². The second-order valence-corrected chi connectivity index (χ2v) is 8.98. The number of amides is 2. The molecule has 0 aliphatic carbocycles. The molecule has 0 unspecified atom stereocenters. The number of nitrogens with zero attached hydrogens (tertiary/aromatic N) is 4. The Morgan fingerprint density at radius 2 is 2.16 bits per heavy atom. The molecule has 1 atom stereocenters. The van der Waals surface area contributed by atoms with Gasteiger partial charge in [0.2, 0.25) is 5.91 Å². The second-order valence-electron chi connectivity index (χ2n) is 7.31. The molecule has 1 saturated heterocycles. The molecular formula is C22H23ClN4O4S. The lowest BCUT2D eigenvalue weighted by atomic mass is 10.1. The van der Waals surface area contributed by atoms with Crippen LogP contribution in [0.5, 0.6) is 5.06 Å². The lowest BCUT2D eigenvalue weighted by Gasteiger charge is -2.40. The summed E-state index contributed by atoms with van der Waals surface area (Å²) in [6, 6.07) is 10.7. The standard InChI is InChI=1S/C22H23ClN4O4S/c1-30-13-18-22(29)25(12-16-3-2-4-17(11-16)26-8-7-24-15-26)9-10-27(18)20(28)14-31-21-6-5-19(23)32-21/h2-8,11,15,18H,9-10,12-14H2,1H3/t18-/m0/s1. The third-order valence-corrected chi connectivity index (χ3v) is 6.35. The van der Waals surface area contributed by atoms with Crippen molar-refractivity contribution in [3.05, 3.63) is 65.0 Å². The molecule has 1 aliphatic heterocycles. The number of methoxy groups -OCH3 is 1. The number of carbonyl (C=O) groups excluding carboxylic acids is 2. The molecule has 2 amide bonds. The summed E-state index contributed by atoms with van der Waals surface area (Å²) in [6.45, 7) is 1.27. The zero-order valence-corrected chi connectivity index (χ0v) is 19.1. The van der Waals surface area contributed by atoms with Gasteiger partial charge in [-0.3, -0.25) is 9.59 Å². The molecule has 0 N–H and O–H groups in total. The zero-order valence-electron chi connectivity index (χ0n) is 17.5. The zero-order chi connectivity index (χ0) is 22.5. The van der Waals surface area contributed by atoms with E-state index in [-0.39, 0.29) is 25.0 Å². The number of benzene rings is 1. The highest BCUT2D eigenvalue weighted by molar-refractivity contribution is 7.17. The lowest BCUT2D eigenvalue weighted by molar-refractivity contribution is -0.155. The molecule has 0 saturated carbocycles. The fourth-order valence-electron chi connectivity index (χ4n) is 3.65. The molecule has 3 aromatic rings. The minimum Gasteiger partial charge on any atom is -0.474 e. The van der Waals surface area contributed by atoms with Gasteiger partial charge in [0.15, 0.2) is 11.7 Å². The van der Waals surface area contributed by atoms with Crippen LogP contribution in [0.3, 0.4) is 0 Å². The number of thiophene rings is 1. The van der Waals surface area contributed by atoms with Gasteiger partial charge in [0.05, 0.1) is 17.3 Å². The van der Waals surface area contributed by atoms with Crippen molar-refractivity contribution in [1.82, 2.24) is 19.4 Å². The van der Waals surface area contributed by atoms with Crippen molar-refractivity contribution in [1.29, 1.82) is 0 Å². The Labute approximate surface area is 194 Å². The first kappa shape index (κ1) is 22.3. The maximum absolute atomic E-state index is 13.2. The van der Waals surface area contributed by atoms with Crippen LogP contribution in [0.2, 0.25) is 4.34 Å². The molecular weight excluding hydrogens is 452 g/mol. The highest BCUT2D eigenvalue weighted by atomic mass is 35.5. The number of piperazine rings is 1. The average molecular weight is 475 g/mol. The van der Waals surface area contributed by atoms with Crippen LogP contribution in [0.15, 0.2) is 55.1 Å². The Bertz CT molecular complexity index is 1070. The van der Waals surface area contributed by atoms with E-state index in [1.807, 2.05) is 35.0 Å². The summed E-state index contributed by atoms with van der Waals surface area (Å²) in [7, 11) is 1.52. The maximum atomic E-state index is 13.2. The van der Waals surface area contributed by atoms with Crippen LogP contribution in [0.25, 0.3) is 5.69 Å². The highest BCUT2D eigenvalue weighted by Crippen LogP contribution is 2.28. The lowest BCUT2D eigenvalue weighted by Crippen LogP contribution is -2.60. The molecule has 1 aliphatic rings. The van der Waals surface area contributed by atoms with Crippen LogP contribution < -0.4 is 4.74 Å². The van der Waals surface area contributed by atoms with E-state index in [2.05, 4.69) is 4.98 Å². The highest BCUT2D eigenvalue weighted by Gasteiger charge is 2.37. The van der Waals surface area contributed by atoms with Crippen LogP contribution in [0.4, 0.5) is 0 Å². The molecule has 10 heteroatoms. The largest absolute Gasteiger partial charge is 0.474 e. The van der Waals surface area contributed by atoms with E-state index in [9.17, 15) is 9.59 Å². The summed E-state index contributed by atoms with van der Waals surface area (Å²) in [5.74, 6) is -0.398. The summed E-state index contributed by atoms with van der Waals surface area (Å²) in [5, 5.41) is 0.564. The first-order valence-corrected chi connectivity index (χ1v) is 11.3. The minimum absolute atomic E-state index is 0.126. The Morgan fingerprint density at radius 1 is 1.28 bits per heavy atom. The van der Waals surface area contributed by atoms with Gasteiger partial charge in [0, 0.05) is 44.8 Å². The number of ether oxygens (including phenoxy) is 2. The van der Waals surface area contributed by atoms with Crippen molar-refractivity contribution in [2.45, 2.75) is 12.6 Å². The van der Waals surface area contributed by atoms with E-state index >= 15 is 0 Å². The summed E-state index contributed by atoms with van der Waals surface area (Å²) < 4.78 is 13.3. The van der Waals surface area contributed by atoms with Crippen molar-refractivity contribution in [2.24, 2.45) is 0 Å². The van der Waals surface area contributed by atoms with Gasteiger partial charge in [-0.25, -0.2) is 4.98 Å². The van der Waals surface area contributed by atoms with E-state index in [0.717, 1.165) is 11.3 Å². The average Bonchev–Trinajstić information content (AvgIpc) is 3.47. The Kier molecular flexibility index (Phi) is 7.09. The fourth-order valence-corrected chi connectivity index (χ4v) is 4.53. The fraction of sp³-hybridized carbons (Fsp3) is 0.318. The molecule has 168 valence electrons. The van der Waals surface area contributed by atoms with Crippen molar-refractivity contribution >= 4 is 34.8 Å². The normalized spacial score (nSPS) is 16.4. The number of hydrogen-bond donors (Lipinski definition) is 0. The molecule has 1 fully saturated rings. The molecule has 8 nitrogen and oxygen atoms in total. The third kappa shape index (κ3) is 5.12. The first-order chi connectivity index (χ1) is 15.5. The van der Waals surface area contributed by atoms with Crippen LogP contribution >= 0.6 is 22.9 Å². The van der Waals surface area contributed by atoms with Gasteiger partial charge in [0.25, 0.3) is 5.91 Å². The van der Waals surface area contributed by atoms with Gasteiger partial charge in [0.1, 0.15) is 6.04 Å². The third-order valence-electron chi connectivity index (χ3n) is 5.20. The summed E-state index contributed by atoms with van der Waals surface area (Å²) in [4.78, 5) is 33.4. The smallest absolute Gasteiger partial charge is 0.261 e. The number of aromatic nitrogens is 2. The van der Waals surface area contributed by atoms with Gasteiger partial charge >= 0.3 is 0 Å². The van der Waals surface area contributed by atoms with Crippen molar-refractivity contribution in [2.75, 3.05) is 33.4 Å². The Hall–Kier alpha value is -2.88. The van der Waals surface area contributed by atoms with E-state index in [1.54, 1.807) is 34.5 Å². The second kappa shape index (κ2) is 10.2. The molecule has 0 radical (unpaired) electrons. The monoisotopic (exact) mass is 474 g/mol. The van der Waals surface area contributed by atoms with Crippen molar-refractivity contribution < 1.29 is 19.1 Å². The van der Waals surface area contributed by atoms with Gasteiger partial charge in [-0.05, 0) is 29.8 Å². The topological polar surface area (TPSA) is 76.9 Å². The van der Waals surface area contributed by atoms with Gasteiger partial charge in [-0.1, -0.05) is 35.1 Å². The molecule has 3 heterocycles. The molecule has 0 spiro atoms. The molecule has 32 heavy (non-hydrogen) atoms. The van der Waals surface area contributed by atoms with E-state index < -0.39 is 6.04 Å². The number of hydrogen-bond acceptors (Lipinski definition) is 6. The Morgan fingerprint density at radius 3 is 2.88 bits per heavy atom. The van der Waals surface area contributed by atoms with Gasteiger partial charge < -0.3 is 23.8 Å². The maximum Gasteiger partial charge on any atom is 0.261 e. The minimum atomic E-state index is -0.686. The van der Waals surface area contributed by atoms with Crippen LogP contribution in [-0.2, 0) is 20.9 Å². The predicted molar refractivity (Wildman–Crippen MR) is 121 cm³/mol. The number of imidazole rings is 1. The predicted octanol–water partition coefficient (Wildman–Crippen LogP) is 2.85. The van der Waals surface area contributed by atoms with Crippen LogP contribution in [0.1, 0.15) is 5.56 Å². The summed E-state index contributed by atoms with van der Waals surface area (Å²) in [5.41, 5.74) is 1.97. The summed E-state index contributed by atoms with van der Waals surface area (Å²) in [6.07, 6.45) is 5.32. The van der Waals surface area contributed by atoms with Crippen LogP contribution in [0, 0.1) is 0 Å². The number of rotatable bonds is 8. The number of carbonyl (C=O) groups is 2. The van der Waals surface area contributed by atoms with Gasteiger partial charge in [-0.2, -0.15) is 0 Å². The van der Waals surface area contributed by atoms with E-state index in [0.29, 0.717) is 29.0 Å². The van der Waals surface area contributed by atoms with E-state index in [4.69, 9.17) is 21.1 Å². The quantitative estimate of drug-likeness (QED) is 0.501. The first-order valence-electron chi connectivity index (χ1n) is 10.1. The molecule has 4 rings (SSSR count). The molecule has 0 bridgehead atoms. The molecule has 1 aromatic carbocycles. The van der Waals surface area contributed by atoms with Crippen LogP contribution in [-0.4, -0.2) is 70.6 Å². The Balaban J connectivity index is 1.42.